The normalized spacial score (nSPS) is 12.6. The first-order valence-electron chi connectivity index (χ1n) is 5.64. The molecule has 0 aliphatic heterocycles. The summed E-state index contributed by atoms with van der Waals surface area (Å²) < 4.78 is 42.3. The van der Waals surface area contributed by atoms with Crippen molar-refractivity contribution in [1.82, 2.24) is 5.32 Å². The lowest BCUT2D eigenvalue weighted by Gasteiger charge is -2.16. The van der Waals surface area contributed by atoms with E-state index >= 15 is 0 Å². The maximum Gasteiger partial charge on any atom is 0.391 e. The molecule has 1 aromatic rings. The van der Waals surface area contributed by atoms with Crippen molar-refractivity contribution in [2.24, 2.45) is 0 Å². The van der Waals surface area contributed by atoms with E-state index in [-0.39, 0.29) is 0 Å². The molecule has 116 valence electrons. The van der Waals surface area contributed by atoms with Crippen LogP contribution in [-0.4, -0.2) is 35.8 Å². The predicted octanol–water partition coefficient (Wildman–Crippen LogP) is 2.35. The Hall–Kier alpha value is -1.77. The highest BCUT2D eigenvalue weighted by Crippen LogP contribution is 2.21. The van der Waals surface area contributed by atoms with Crippen molar-refractivity contribution >= 4 is 27.8 Å². The van der Waals surface area contributed by atoms with Crippen LogP contribution >= 0.6 is 15.9 Å². The van der Waals surface area contributed by atoms with E-state index in [0.717, 1.165) is 4.47 Å². The van der Waals surface area contributed by atoms with Gasteiger partial charge in [0.2, 0.25) is 0 Å². The number of carbonyl (C=O) groups is 2. The van der Waals surface area contributed by atoms with Gasteiger partial charge in [0.05, 0.1) is 6.42 Å². The minimum Gasteiger partial charge on any atom is -0.484 e. The van der Waals surface area contributed by atoms with Crippen molar-refractivity contribution in [2.75, 3.05) is 6.61 Å². The number of carboxylic acid groups (broad SMARTS) is 1. The summed E-state index contributed by atoms with van der Waals surface area (Å²) in [6, 6.07) is 4.35. The monoisotopic (exact) mass is 369 g/mol. The van der Waals surface area contributed by atoms with Crippen LogP contribution in [0.5, 0.6) is 5.75 Å². The van der Waals surface area contributed by atoms with Gasteiger partial charge in [0, 0.05) is 4.47 Å². The molecule has 1 amide bonds. The molecule has 0 aliphatic carbocycles. The fraction of sp³-hybridized carbons (Fsp3) is 0.333. The highest BCUT2D eigenvalue weighted by Gasteiger charge is 2.36. The second kappa shape index (κ2) is 7.30. The van der Waals surface area contributed by atoms with E-state index in [1.807, 2.05) is 0 Å². The quantitative estimate of drug-likeness (QED) is 0.806. The Balaban J connectivity index is 2.50. The molecule has 0 bridgehead atoms. The highest BCUT2D eigenvalue weighted by atomic mass is 79.9. The molecule has 0 saturated heterocycles. The zero-order valence-corrected chi connectivity index (χ0v) is 12.1. The average molecular weight is 370 g/mol. The van der Waals surface area contributed by atoms with Crippen LogP contribution < -0.4 is 10.1 Å². The molecule has 9 heteroatoms. The fourth-order valence-corrected chi connectivity index (χ4v) is 1.61. The summed E-state index contributed by atoms with van der Waals surface area (Å²) in [5.74, 6) is -2.38. The number of hydrogen-bond acceptors (Lipinski definition) is 3. The molecular weight excluding hydrogens is 359 g/mol. The first-order chi connectivity index (χ1) is 9.67. The van der Waals surface area contributed by atoms with Crippen molar-refractivity contribution < 1.29 is 32.6 Å². The number of alkyl halides is 3. The third kappa shape index (κ3) is 6.98. The van der Waals surface area contributed by atoms with E-state index in [9.17, 15) is 22.8 Å². The summed E-state index contributed by atoms with van der Waals surface area (Å²) in [6.45, 7) is -0.580. The van der Waals surface area contributed by atoms with Gasteiger partial charge in [-0.05, 0) is 24.3 Å². The summed E-state index contributed by atoms with van der Waals surface area (Å²) >= 11 is 3.20. The lowest BCUT2D eigenvalue weighted by molar-refractivity contribution is -0.160. The van der Waals surface area contributed by atoms with Crippen LogP contribution in [0.1, 0.15) is 6.42 Å². The maximum atomic E-state index is 12.2. The van der Waals surface area contributed by atoms with Crippen LogP contribution in [0.4, 0.5) is 13.2 Å². The molecule has 0 aromatic heterocycles. The molecule has 0 spiro atoms. The van der Waals surface area contributed by atoms with E-state index in [2.05, 4.69) is 15.9 Å². The SMILES string of the molecule is O=C(COc1ccc(Br)cc1)NC(CC(F)(F)F)C(=O)O. The van der Waals surface area contributed by atoms with Crippen LogP contribution in [0.15, 0.2) is 28.7 Å². The summed E-state index contributed by atoms with van der Waals surface area (Å²) in [6.07, 6.45) is -6.34. The Kier molecular flexibility index (Phi) is 6.01. The van der Waals surface area contributed by atoms with Gasteiger partial charge >= 0.3 is 12.1 Å². The van der Waals surface area contributed by atoms with Crippen LogP contribution in [0.25, 0.3) is 0 Å². The van der Waals surface area contributed by atoms with Crippen molar-refractivity contribution in [2.45, 2.75) is 18.6 Å². The molecule has 0 fully saturated rings. The molecule has 0 aliphatic rings. The van der Waals surface area contributed by atoms with Crippen molar-refractivity contribution in [1.29, 1.82) is 0 Å². The number of rotatable bonds is 6. The van der Waals surface area contributed by atoms with E-state index in [4.69, 9.17) is 9.84 Å². The predicted molar refractivity (Wildman–Crippen MR) is 69.9 cm³/mol. The summed E-state index contributed by atoms with van der Waals surface area (Å²) in [5.41, 5.74) is 0. The summed E-state index contributed by atoms with van der Waals surface area (Å²) in [4.78, 5) is 22.1. The van der Waals surface area contributed by atoms with Gasteiger partial charge in [-0.3, -0.25) is 4.79 Å². The molecule has 5 nitrogen and oxygen atoms in total. The molecule has 0 saturated carbocycles. The van der Waals surface area contributed by atoms with Gasteiger partial charge in [-0.25, -0.2) is 4.79 Å². The van der Waals surface area contributed by atoms with Crippen LogP contribution in [0, 0.1) is 0 Å². The molecule has 0 radical (unpaired) electrons. The average Bonchev–Trinajstić information content (AvgIpc) is 2.35. The van der Waals surface area contributed by atoms with Gasteiger partial charge < -0.3 is 15.2 Å². The molecular formula is C12H11BrF3NO4. The standard InChI is InChI=1S/C12H11BrF3NO4/c13-7-1-3-8(4-2-7)21-6-10(18)17-9(11(19)20)5-12(14,15)16/h1-4,9H,5-6H2,(H,17,18)(H,19,20). The Morgan fingerprint density at radius 1 is 1.29 bits per heavy atom. The van der Waals surface area contributed by atoms with Gasteiger partial charge in [0.25, 0.3) is 5.91 Å². The lowest BCUT2D eigenvalue weighted by atomic mass is 10.2. The number of amides is 1. The van der Waals surface area contributed by atoms with Gasteiger partial charge in [0.15, 0.2) is 6.61 Å². The smallest absolute Gasteiger partial charge is 0.391 e. The Morgan fingerprint density at radius 2 is 1.86 bits per heavy atom. The van der Waals surface area contributed by atoms with Crippen LogP contribution in [0.3, 0.4) is 0 Å². The molecule has 21 heavy (non-hydrogen) atoms. The number of benzene rings is 1. The van der Waals surface area contributed by atoms with Crippen molar-refractivity contribution in [3.8, 4) is 5.75 Å². The molecule has 1 atom stereocenters. The lowest BCUT2D eigenvalue weighted by Crippen LogP contribution is -2.45. The largest absolute Gasteiger partial charge is 0.484 e. The highest BCUT2D eigenvalue weighted by molar-refractivity contribution is 9.10. The minimum absolute atomic E-state index is 0.330. The topological polar surface area (TPSA) is 75.6 Å². The van der Waals surface area contributed by atoms with E-state index in [1.165, 1.54) is 0 Å². The van der Waals surface area contributed by atoms with E-state index in [0.29, 0.717) is 5.75 Å². The van der Waals surface area contributed by atoms with E-state index < -0.39 is 37.1 Å². The first-order valence-corrected chi connectivity index (χ1v) is 6.44. The zero-order valence-electron chi connectivity index (χ0n) is 10.5. The van der Waals surface area contributed by atoms with Gasteiger partial charge in [-0.15, -0.1) is 0 Å². The molecule has 1 rings (SSSR count). The Labute approximate surface area is 126 Å². The molecule has 0 heterocycles. The van der Waals surface area contributed by atoms with Gasteiger partial charge in [0.1, 0.15) is 11.8 Å². The van der Waals surface area contributed by atoms with Crippen molar-refractivity contribution in [3.63, 3.8) is 0 Å². The Morgan fingerprint density at radius 3 is 2.33 bits per heavy atom. The first kappa shape index (κ1) is 17.3. The van der Waals surface area contributed by atoms with Crippen LogP contribution in [0.2, 0.25) is 0 Å². The van der Waals surface area contributed by atoms with E-state index in [1.54, 1.807) is 29.6 Å². The Bertz CT molecular complexity index is 504. The second-order valence-electron chi connectivity index (χ2n) is 4.02. The van der Waals surface area contributed by atoms with Gasteiger partial charge in [-0.1, -0.05) is 15.9 Å². The van der Waals surface area contributed by atoms with Crippen molar-refractivity contribution in [3.05, 3.63) is 28.7 Å². The number of aliphatic carboxylic acids is 1. The number of hydrogen-bond donors (Lipinski definition) is 2. The number of nitrogens with one attached hydrogen (secondary N) is 1. The number of carbonyl (C=O) groups excluding carboxylic acids is 1. The van der Waals surface area contributed by atoms with Gasteiger partial charge in [-0.2, -0.15) is 13.2 Å². The maximum absolute atomic E-state index is 12.2. The third-order valence-corrected chi connectivity index (χ3v) is 2.78. The molecule has 2 N–H and O–H groups in total. The summed E-state index contributed by atoms with van der Waals surface area (Å²) in [7, 11) is 0. The third-order valence-electron chi connectivity index (χ3n) is 2.25. The zero-order chi connectivity index (χ0) is 16.0. The molecule has 1 unspecified atom stereocenters. The number of halogens is 4. The molecule has 1 aromatic carbocycles. The van der Waals surface area contributed by atoms with Crippen LogP contribution in [-0.2, 0) is 9.59 Å². The summed E-state index contributed by atoms with van der Waals surface area (Å²) in [5, 5.41) is 10.4. The second-order valence-corrected chi connectivity index (χ2v) is 4.94. The fourth-order valence-electron chi connectivity index (χ4n) is 1.35. The minimum atomic E-state index is -4.69. The number of carboxylic acids is 1. The number of ether oxygens (including phenoxy) is 1.